The van der Waals surface area contributed by atoms with Gasteiger partial charge in [-0.25, -0.2) is 9.97 Å². The number of hydrogen-bond donors (Lipinski definition) is 2. The van der Waals surface area contributed by atoms with Crippen molar-refractivity contribution in [2.45, 2.75) is 25.3 Å². The average molecular weight is 266 g/mol. The molecule has 6 nitrogen and oxygen atoms in total. The van der Waals surface area contributed by atoms with Crippen LogP contribution in [0, 0.1) is 0 Å². The number of hydrogen-bond acceptors (Lipinski definition) is 6. The van der Waals surface area contributed by atoms with Gasteiger partial charge in [0, 0.05) is 32.9 Å². The van der Waals surface area contributed by atoms with Crippen LogP contribution >= 0.6 is 0 Å². The van der Waals surface area contributed by atoms with Crippen LogP contribution in [0.15, 0.2) is 12.4 Å². The minimum absolute atomic E-state index is 0.0405. The predicted molar refractivity (Wildman–Crippen MR) is 74.5 cm³/mol. The normalized spacial score (nSPS) is 16.6. The number of nitrogens with one attached hydrogen (secondary N) is 1. The Balaban J connectivity index is 1.97. The molecule has 2 N–H and O–H groups in total. The van der Waals surface area contributed by atoms with Crippen molar-refractivity contribution < 1.29 is 9.84 Å². The minimum Gasteiger partial charge on any atom is -0.394 e. The first-order valence-electron chi connectivity index (χ1n) is 6.77. The van der Waals surface area contributed by atoms with Crippen LogP contribution in [0.2, 0.25) is 0 Å². The van der Waals surface area contributed by atoms with Crippen LogP contribution in [0.3, 0.4) is 0 Å². The van der Waals surface area contributed by atoms with E-state index in [1.165, 1.54) is 12.8 Å². The van der Waals surface area contributed by atoms with E-state index in [1.54, 1.807) is 13.4 Å². The fourth-order valence-corrected chi connectivity index (χ4v) is 2.22. The summed E-state index contributed by atoms with van der Waals surface area (Å²) in [5, 5.41) is 12.5. The lowest BCUT2D eigenvalue weighted by Crippen LogP contribution is -2.26. The average Bonchev–Trinajstić information content (AvgIpc) is 2.98. The summed E-state index contributed by atoms with van der Waals surface area (Å²) in [6.45, 7) is 2.79. The minimum atomic E-state index is -0.0405. The molecule has 1 aliphatic heterocycles. The first kappa shape index (κ1) is 14.0. The molecule has 0 aliphatic carbocycles. The SMILES string of the molecule is COCCC(CO)Nc1cc(N2CCCC2)ncn1. The Bertz CT molecular complexity index is 383. The molecule has 1 saturated heterocycles. The second-order valence-corrected chi connectivity index (χ2v) is 4.76. The Hall–Kier alpha value is -1.40. The lowest BCUT2D eigenvalue weighted by Gasteiger charge is -2.19. The quantitative estimate of drug-likeness (QED) is 0.763. The summed E-state index contributed by atoms with van der Waals surface area (Å²) in [7, 11) is 1.66. The molecule has 1 unspecified atom stereocenters. The second kappa shape index (κ2) is 7.25. The molecule has 0 saturated carbocycles. The van der Waals surface area contributed by atoms with Crippen LogP contribution < -0.4 is 10.2 Å². The van der Waals surface area contributed by atoms with Gasteiger partial charge in [-0.1, -0.05) is 0 Å². The van der Waals surface area contributed by atoms with Gasteiger partial charge in [0.05, 0.1) is 12.6 Å². The van der Waals surface area contributed by atoms with E-state index in [-0.39, 0.29) is 12.6 Å². The summed E-state index contributed by atoms with van der Waals surface area (Å²) in [4.78, 5) is 10.8. The van der Waals surface area contributed by atoms with Crippen molar-refractivity contribution in [3.63, 3.8) is 0 Å². The third kappa shape index (κ3) is 4.04. The fourth-order valence-electron chi connectivity index (χ4n) is 2.22. The highest BCUT2D eigenvalue weighted by Crippen LogP contribution is 2.19. The highest BCUT2D eigenvalue weighted by molar-refractivity contribution is 5.49. The zero-order valence-electron chi connectivity index (χ0n) is 11.4. The number of rotatable bonds is 7. The van der Waals surface area contributed by atoms with E-state index in [0.29, 0.717) is 6.61 Å². The summed E-state index contributed by atoms with van der Waals surface area (Å²) in [6.07, 6.45) is 4.76. The van der Waals surface area contributed by atoms with Crippen molar-refractivity contribution in [1.82, 2.24) is 9.97 Å². The molecule has 0 amide bonds. The van der Waals surface area contributed by atoms with Gasteiger partial charge in [0.2, 0.25) is 0 Å². The lowest BCUT2D eigenvalue weighted by atomic mass is 10.2. The van der Waals surface area contributed by atoms with Gasteiger partial charge in [-0.15, -0.1) is 0 Å². The van der Waals surface area contributed by atoms with Gasteiger partial charge in [-0.3, -0.25) is 0 Å². The van der Waals surface area contributed by atoms with Crippen LogP contribution in [0.1, 0.15) is 19.3 Å². The Kier molecular flexibility index (Phi) is 5.35. The summed E-state index contributed by atoms with van der Waals surface area (Å²) in [5.41, 5.74) is 0. The van der Waals surface area contributed by atoms with Crippen LogP contribution in [0.4, 0.5) is 11.6 Å². The van der Waals surface area contributed by atoms with Crippen molar-refractivity contribution in [2.24, 2.45) is 0 Å². The topological polar surface area (TPSA) is 70.5 Å². The second-order valence-electron chi connectivity index (χ2n) is 4.76. The Labute approximate surface area is 113 Å². The molecule has 0 bridgehead atoms. The highest BCUT2D eigenvalue weighted by atomic mass is 16.5. The molecule has 0 spiro atoms. The molecule has 1 fully saturated rings. The molecule has 1 aromatic heterocycles. The zero-order valence-corrected chi connectivity index (χ0v) is 11.4. The Morgan fingerprint density at radius 3 is 2.89 bits per heavy atom. The molecule has 19 heavy (non-hydrogen) atoms. The number of aliphatic hydroxyl groups excluding tert-OH is 1. The van der Waals surface area contributed by atoms with Crippen LogP contribution in [0.25, 0.3) is 0 Å². The van der Waals surface area contributed by atoms with Gasteiger partial charge in [-0.2, -0.15) is 0 Å². The number of nitrogens with zero attached hydrogens (tertiary/aromatic N) is 3. The van der Waals surface area contributed by atoms with Crippen molar-refractivity contribution in [2.75, 3.05) is 43.6 Å². The number of aromatic nitrogens is 2. The number of aliphatic hydroxyl groups is 1. The largest absolute Gasteiger partial charge is 0.394 e. The Morgan fingerprint density at radius 2 is 2.21 bits per heavy atom. The van der Waals surface area contributed by atoms with Crippen LogP contribution in [0.5, 0.6) is 0 Å². The first-order valence-corrected chi connectivity index (χ1v) is 6.77. The van der Waals surface area contributed by atoms with Gasteiger partial charge in [0.1, 0.15) is 18.0 Å². The third-order valence-corrected chi connectivity index (χ3v) is 3.33. The molecule has 1 aliphatic rings. The van der Waals surface area contributed by atoms with Gasteiger partial charge in [0.15, 0.2) is 0 Å². The van der Waals surface area contributed by atoms with Crippen molar-refractivity contribution >= 4 is 11.6 Å². The summed E-state index contributed by atoms with van der Waals surface area (Å²) < 4.78 is 5.02. The van der Waals surface area contributed by atoms with E-state index in [1.807, 2.05) is 6.07 Å². The maximum Gasteiger partial charge on any atom is 0.134 e. The summed E-state index contributed by atoms with van der Waals surface area (Å²) in [6, 6.07) is 1.90. The van der Waals surface area contributed by atoms with Gasteiger partial charge in [0.25, 0.3) is 0 Å². The zero-order chi connectivity index (χ0) is 13.5. The van der Waals surface area contributed by atoms with Gasteiger partial charge >= 0.3 is 0 Å². The van der Waals surface area contributed by atoms with Gasteiger partial charge in [-0.05, 0) is 19.3 Å². The fraction of sp³-hybridized carbons (Fsp3) is 0.692. The number of anilines is 2. The number of ether oxygens (including phenoxy) is 1. The molecule has 2 heterocycles. The summed E-state index contributed by atoms with van der Waals surface area (Å²) in [5.74, 6) is 1.71. The molecular formula is C13H22N4O2. The molecule has 1 aromatic rings. The Morgan fingerprint density at radius 1 is 1.42 bits per heavy atom. The molecular weight excluding hydrogens is 244 g/mol. The van der Waals surface area contributed by atoms with E-state index in [2.05, 4.69) is 20.2 Å². The first-order chi connectivity index (χ1) is 9.33. The maximum absolute atomic E-state index is 9.32. The maximum atomic E-state index is 9.32. The molecule has 2 rings (SSSR count). The van der Waals surface area contributed by atoms with E-state index in [4.69, 9.17) is 4.74 Å². The standard InChI is InChI=1S/C13H22N4O2/c1-19-7-4-11(9-18)16-12-8-13(15-10-14-12)17-5-2-3-6-17/h8,10-11,18H,2-7,9H2,1H3,(H,14,15,16). The van der Waals surface area contributed by atoms with Crippen molar-refractivity contribution in [1.29, 1.82) is 0 Å². The molecule has 106 valence electrons. The highest BCUT2D eigenvalue weighted by Gasteiger charge is 2.15. The third-order valence-electron chi connectivity index (χ3n) is 3.33. The number of methoxy groups -OCH3 is 1. The van der Waals surface area contributed by atoms with Crippen molar-refractivity contribution in [3.05, 3.63) is 12.4 Å². The van der Waals surface area contributed by atoms with E-state index in [0.717, 1.165) is 31.1 Å². The lowest BCUT2D eigenvalue weighted by molar-refractivity contribution is 0.174. The van der Waals surface area contributed by atoms with Crippen LogP contribution in [-0.4, -0.2) is 54.5 Å². The molecule has 6 heteroatoms. The summed E-state index contributed by atoms with van der Waals surface area (Å²) >= 11 is 0. The smallest absolute Gasteiger partial charge is 0.134 e. The van der Waals surface area contributed by atoms with Crippen LogP contribution in [-0.2, 0) is 4.74 Å². The van der Waals surface area contributed by atoms with E-state index >= 15 is 0 Å². The van der Waals surface area contributed by atoms with Gasteiger partial charge < -0.3 is 20.1 Å². The molecule has 0 aromatic carbocycles. The van der Waals surface area contributed by atoms with Crippen molar-refractivity contribution in [3.8, 4) is 0 Å². The predicted octanol–water partition coefficient (Wildman–Crippen LogP) is 0.886. The van der Waals surface area contributed by atoms with E-state index in [9.17, 15) is 5.11 Å². The molecule has 0 radical (unpaired) electrons. The monoisotopic (exact) mass is 266 g/mol. The van der Waals surface area contributed by atoms with E-state index < -0.39 is 0 Å². The molecule has 1 atom stereocenters.